The summed E-state index contributed by atoms with van der Waals surface area (Å²) in [5.74, 6) is 0.895. The van der Waals surface area contributed by atoms with E-state index in [9.17, 15) is 0 Å². The lowest BCUT2D eigenvalue weighted by atomic mass is 9.74. The van der Waals surface area contributed by atoms with E-state index in [4.69, 9.17) is 4.74 Å². The Balaban J connectivity index is 0.00000300. The average molecular weight is 514 g/mol. The number of hydrogen-bond acceptors (Lipinski definition) is 3. The van der Waals surface area contributed by atoms with Crippen LogP contribution in [0.1, 0.15) is 51.5 Å². The third-order valence-corrected chi connectivity index (χ3v) is 6.55. The van der Waals surface area contributed by atoms with Gasteiger partial charge in [-0.25, -0.2) is 0 Å². The molecule has 2 heterocycles. The summed E-state index contributed by atoms with van der Waals surface area (Å²) in [5.41, 5.74) is 1.64. The Morgan fingerprint density at radius 2 is 1.72 bits per heavy atom. The second kappa shape index (κ2) is 11.5. The number of guanidine groups is 1. The monoisotopic (exact) mass is 514 g/mol. The Morgan fingerprint density at radius 1 is 1.07 bits per heavy atom. The van der Waals surface area contributed by atoms with E-state index in [1.807, 2.05) is 7.05 Å². The maximum absolute atomic E-state index is 5.66. The van der Waals surface area contributed by atoms with Crippen molar-refractivity contribution in [1.82, 2.24) is 15.5 Å². The Morgan fingerprint density at radius 3 is 2.34 bits per heavy atom. The fraction of sp³-hybridized carbons (Fsp3) is 0.696. The SMILES string of the molecule is CN=C(NCC1(c2ccccc2)CCOCC1)NCC(C)(C)N1CCCCC1.I. The van der Waals surface area contributed by atoms with Crippen LogP contribution >= 0.6 is 24.0 Å². The topological polar surface area (TPSA) is 48.9 Å². The van der Waals surface area contributed by atoms with Crippen molar-refractivity contribution in [2.24, 2.45) is 4.99 Å². The van der Waals surface area contributed by atoms with E-state index < -0.39 is 0 Å². The van der Waals surface area contributed by atoms with Gasteiger partial charge in [0.25, 0.3) is 0 Å². The van der Waals surface area contributed by atoms with E-state index in [-0.39, 0.29) is 34.9 Å². The third kappa shape index (κ3) is 6.56. The van der Waals surface area contributed by atoms with E-state index in [0.717, 1.165) is 45.1 Å². The van der Waals surface area contributed by atoms with Gasteiger partial charge in [-0.2, -0.15) is 0 Å². The van der Waals surface area contributed by atoms with Gasteiger partial charge in [0.05, 0.1) is 0 Å². The highest BCUT2D eigenvalue weighted by Gasteiger charge is 2.35. The molecule has 5 nitrogen and oxygen atoms in total. The zero-order valence-corrected chi connectivity index (χ0v) is 20.7. The van der Waals surface area contributed by atoms with E-state index >= 15 is 0 Å². The van der Waals surface area contributed by atoms with Gasteiger partial charge in [0.1, 0.15) is 0 Å². The van der Waals surface area contributed by atoms with Crippen molar-refractivity contribution in [3.8, 4) is 0 Å². The highest BCUT2D eigenvalue weighted by atomic mass is 127. The highest BCUT2D eigenvalue weighted by molar-refractivity contribution is 14.0. The third-order valence-electron chi connectivity index (χ3n) is 6.55. The first-order valence-corrected chi connectivity index (χ1v) is 10.9. The second-order valence-corrected chi connectivity index (χ2v) is 8.90. The standard InChI is InChI=1S/C23H38N4O.HI/c1-22(2,27-14-8-5-9-15-27)18-25-21(24-3)26-19-23(12-16-28-17-13-23)20-10-6-4-7-11-20;/h4,6-7,10-11H,5,8-9,12-19H2,1-3H3,(H2,24,25,26);1H. The van der Waals surface area contributed by atoms with Crippen LogP contribution in [-0.2, 0) is 10.2 Å². The molecule has 6 heteroatoms. The first kappa shape index (κ1) is 24.4. The number of hydrogen-bond donors (Lipinski definition) is 2. The summed E-state index contributed by atoms with van der Waals surface area (Å²) in [7, 11) is 1.86. The predicted molar refractivity (Wildman–Crippen MR) is 132 cm³/mol. The molecule has 0 saturated carbocycles. The summed E-state index contributed by atoms with van der Waals surface area (Å²) in [4.78, 5) is 7.10. The molecule has 1 aromatic carbocycles. The van der Waals surface area contributed by atoms with Gasteiger partial charge in [-0.1, -0.05) is 36.8 Å². The van der Waals surface area contributed by atoms with Crippen LogP contribution in [0.3, 0.4) is 0 Å². The first-order chi connectivity index (χ1) is 13.6. The smallest absolute Gasteiger partial charge is 0.191 e. The number of nitrogens with zero attached hydrogens (tertiary/aromatic N) is 2. The minimum Gasteiger partial charge on any atom is -0.381 e. The molecule has 1 aromatic rings. The van der Waals surface area contributed by atoms with Crippen LogP contribution in [0.4, 0.5) is 0 Å². The zero-order valence-electron chi connectivity index (χ0n) is 18.4. The largest absolute Gasteiger partial charge is 0.381 e. The molecule has 0 aliphatic carbocycles. The molecular formula is C23H39IN4O. The summed E-state index contributed by atoms with van der Waals surface area (Å²) in [5, 5.41) is 7.20. The summed E-state index contributed by atoms with van der Waals surface area (Å²) in [6.45, 7) is 10.5. The van der Waals surface area contributed by atoms with Crippen molar-refractivity contribution in [2.45, 2.75) is 56.9 Å². The lowest BCUT2D eigenvalue weighted by Gasteiger charge is -2.41. The van der Waals surface area contributed by atoms with Gasteiger partial charge < -0.3 is 15.4 Å². The summed E-state index contributed by atoms with van der Waals surface area (Å²) >= 11 is 0. The maximum atomic E-state index is 5.66. The van der Waals surface area contributed by atoms with Crippen LogP contribution < -0.4 is 10.6 Å². The van der Waals surface area contributed by atoms with E-state index in [0.29, 0.717) is 0 Å². The summed E-state index contributed by atoms with van der Waals surface area (Å²) in [6, 6.07) is 10.9. The van der Waals surface area contributed by atoms with Crippen LogP contribution in [0.2, 0.25) is 0 Å². The Hall–Kier alpha value is -0.860. The van der Waals surface area contributed by atoms with E-state index in [1.54, 1.807) is 0 Å². The lowest BCUT2D eigenvalue weighted by Crippen LogP contribution is -2.56. The minimum atomic E-state index is 0. The Kier molecular flexibility index (Phi) is 9.69. The molecular weight excluding hydrogens is 475 g/mol. The minimum absolute atomic E-state index is 0. The molecule has 2 aliphatic rings. The van der Waals surface area contributed by atoms with Gasteiger partial charge in [0.15, 0.2) is 5.96 Å². The number of ether oxygens (including phenoxy) is 1. The molecule has 29 heavy (non-hydrogen) atoms. The molecule has 0 aromatic heterocycles. The number of likely N-dealkylation sites (tertiary alicyclic amines) is 1. The van der Waals surface area contributed by atoms with Gasteiger partial charge in [-0.15, -0.1) is 24.0 Å². The second-order valence-electron chi connectivity index (χ2n) is 8.90. The van der Waals surface area contributed by atoms with Crippen LogP contribution in [0.15, 0.2) is 35.3 Å². The van der Waals surface area contributed by atoms with Gasteiger partial charge >= 0.3 is 0 Å². The van der Waals surface area contributed by atoms with Crippen molar-refractivity contribution < 1.29 is 4.74 Å². The molecule has 0 spiro atoms. The molecule has 3 rings (SSSR count). The zero-order chi connectivity index (χ0) is 19.9. The molecule has 2 N–H and O–H groups in total. The molecule has 0 radical (unpaired) electrons. The summed E-state index contributed by atoms with van der Waals surface area (Å²) in [6.07, 6.45) is 6.09. The number of nitrogens with one attached hydrogen (secondary N) is 2. The van der Waals surface area contributed by atoms with Gasteiger partial charge in [-0.05, 0) is 58.2 Å². The molecule has 164 valence electrons. The van der Waals surface area contributed by atoms with E-state index in [2.05, 4.69) is 64.7 Å². The highest BCUT2D eigenvalue weighted by Crippen LogP contribution is 2.34. The van der Waals surface area contributed by atoms with Crippen molar-refractivity contribution in [2.75, 3.05) is 46.4 Å². The van der Waals surface area contributed by atoms with Crippen molar-refractivity contribution in [1.29, 1.82) is 0 Å². The Bertz CT molecular complexity index is 623. The van der Waals surface area contributed by atoms with Crippen LogP contribution in [0, 0.1) is 0 Å². The number of piperidine rings is 1. The molecule has 0 unspecified atom stereocenters. The number of aliphatic imine (C=N–C) groups is 1. The van der Waals surface area contributed by atoms with Crippen molar-refractivity contribution in [3.05, 3.63) is 35.9 Å². The molecule has 2 aliphatic heterocycles. The van der Waals surface area contributed by atoms with Crippen molar-refractivity contribution >= 4 is 29.9 Å². The molecule has 2 fully saturated rings. The molecule has 2 saturated heterocycles. The van der Waals surface area contributed by atoms with Gasteiger partial charge in [0, 0.05) is 44.3 Å². The fourth-order valence-corrected chi connectivity index (χ4v) is 4.51. The number of rotatable bonds is 6. The van der Waals surface area contributed by atoms with Gasteiger partial charge in [-0.3, -0.25) is 9.89 Å². The predicted octanol–water partition coefficient (Wildman–Crippen LogP) is 3.78. The fourth-order valence-electron chi connectivity index (χ4n) is 4.51. The normalized spacial score (nSPS) is 20.6. The van der Waals surface area contributed by atoms with Crippen LogP contribution in [0.5, 0.6) is 0 Å². The van der Waals surface area contributed by atoms with Crippen LogP contribution in [0.25, 0.3) is 0 Å². The summed E-state index contributed by atoms with van der Waals surface area (Å²) < 4.78 is 5.66. The maximum Gasteiger partial charge on any atom is 0.191 e. The van der Waals surface area contributed by atoms with Crippen LogP contribution in [-0.4, -0.2) is 62.8 Å². The molecule has 0 amide bonds. The molecule has 0 bridgehead atoms. The number of halogens is 1. The first-order valence-electron chi connectivity index (χ1n) is 10.9. The Labute approximate surface area is 194 Å². The lowest BCUT2D eigenvalue weighted by molar-refractivity contribution is 0.0513. The average Bonchev–Trinajstić information content (AvgIpc) is 2.76. The number of benzene rings is 1. The van der Waals surface area contributed by atoms with Gasteiger partial charge in [0.2, 0.25) is 0 Å². The molecule has 0 atom stereocenters. The van der Waals surface area contributed by atoms with Crippen molar-refractivity contribution in [3.63, 3.8) is 0 Å². The van der Waals surface area contributed by atoms with E-state index in [1.165, 1.54) is 37.9 Å². The quantitative estimate of drug-likeness (QED) is 0.345.